The van der Waals surface area contributed by atoms with Crippen molar-refractivity contribution in [2.24, 2.45) is 5.10 Å². The molecule has 0 radical (unpaired) electrons. The quantitative estimate of drug-likeness (QED) is 0.671. The van der Waals surface area contributed by atoms with Gasteiger partial charge >= 0.3 is 0 Å². The smallest absolute Gasteiger partial charge is 0.253 e. The number of hydrazone groups is 1. The Hall–Kier alpha value is -1.36. The van der Waals surface area contributed by atoms with Crippen LogP contribution in [0.1, 0.15) is 32.6 Å². The summed E-state index contributed by atoms with van der Waals surface area (Å²) in [4.78, 5) is 16.0. The highest BCUT2D eigenvalue weighted by atomic mass is 32.2. The molecular weight excluding hydrogens is 246 g/mol. The number of aromatic nitrogens is 1. The Labute approximate surface area is 111 Å². The van der Waals surface area contributed by atoms with Crippen molar-refractivity contribution in [3.8, 4) is 0 Å². The molecule has 1 fully saturated rings. The molecule has 1 aliphatic carbocycles. The van der Waals surface area contributed by atoms with E-state index in [0.717, 1.165) is 23.6 Å². The standard InChI is InChI=1S/C13H17N3OS/c1-10(18-12-8-4-5-9-14-12)13(17)16-15-11-6-2-3-7-11/h4-5,8-10H,2-3,6-7H2,1H3,(H,16,17)/t10-/m1/s1. The predicted molar refractivity (Wildman–Crippen MR) is 73.6 cm³/mol. The van der Waals surface area contributed by atoms with Crippen LogP contribution in [-0.4, -0.2) is 21.9 Å². The molecule has 1 aliphatic rings. The number of carbonyl (C=O) groups is 1. The van der Waals surface area contributed by atoms with Crippen molar-refractivity contribution in [2.75, 3.05) is 0 Å². The molecular formula is C13H17N3OS. The molecule has 18 heavy (non-hydrogen) atoms. The number of amides is 1. The fourth-order valence-electron chi connectivity index (χ4n) is 1.77. The molecule has 0 aromatic carbocycles. The van der Waals surface area contributed by atoms with Crippen LogP contribution in [0.25, 0.3) is 0 Å². The van der Waals surface area contributed by atoms with Crippen LogP contribution in [0, 0.1) is 0 Å². The fourth-order valence-corrected chi connectivity index (χ4v) is 2.57. The van der Waals surface area contributed by atoms with Crippen LogP contribution < -0.4 is 5.43 Å². The summed E-state index contributed by atoms with van der Waals surface area (Å²) in [5.41, 5.74) is 3.75. The van der Waals surface area contributed by atoms with E-state index >= 15 is 0 Å². The van der Waals surface area contributed by atoms with Crippen molar-refractivity contribution in [3.63, 3.8) is 0 Å². The van der Waals surface area contributed by atoms with Crippen LogP contribution in [0.4, 0.5) is 0 Å². The molecule has 1 N–H and O–H groups in total. The number of nitrogens with one attached hydrogen (secondary N) is 1. The zero-order chi connectivity index (χ0) is 12.8. The molecule has 0 saturated heterocycles. The highest BCUT2D eigenvalue weighted by Gasteiger charge is 2.15. The zero-order valence-electron chi connectivity index (χ0n) is 10.4. The van der Waals surface area contributed by atoms with E-state index in [-0.39, 0.29) is 11.2 Å². The Balaban J connectivity index is 1.83. The number of nitrogens with zero attached hydrogens (tertiary/aromatic N) is 2. The van der Waals surface area contributed by atoms with Gasteiger partial charge in [0.05, 0.1) is 10.3 Å². The summed E-state index contributed by atoms with van der Waals surface area (Å²) in [5.74, 6) is -0.0648. The van der Waals surface area contributed by atoms with E-state index in [0.29, 0.717) is 0 Å². The summed E-state index contributed by atoms with van der Waals surface area (Å²) < 4.78 is 0. The second-order valence-electron chi connectivity index (χ2n) is 4.29. The van der Waals surface area contributed by atoms with E-state index in [2.05, 4.69) is 15.5 Å². The van der Waals surface area contributed by atoms with Gasteiger partial charge in [-0.3, -0.25) is 4.79 Å². The van der Waals surface area contributed by atoms with Crippen molar-refractivity contribution >= 4 is 23.4 Å². The van der Waals surface area contributed by atoms with Crippen molar-refractivity contribution < 1.29 is 4.79 Å². The third-order valence-electron chi connectivity index (χ3n) is 2.81. The summed E-state index contributed by atoms with van der Waals surface area (Å²) in [5, 5.41) is 4.84. The summed E-state index contributed by atoms with van der Waals surface area (Å²) in [6.07, 6.45) is 6.13. The lowest BCUT2D eigenvalue weighted by molar-refractivity contribution is -0.120. The highest BCUT2D eigenvalue weighted by molar-refractivity contribution is 8.00. The lowest BCUT2D eigenvalue weighted by atomic mass is 10.3. The van der Waals surface area contributed by atoms with Gasteiger partial charge in [-0.15, -0.1) is 0 Å². The van der Waals surface area contributed by atoms with Gasteiger partial charge in [-0.25, -0.2) is 10.4 Å². The van der Waals surface area contributed by atoms with Crippen LogP contribution in [0.3, 0.4) is 0 Å². The summed E-state index contributed by atoms with van der Waals surface area (Å²) >= 11 is 1.44. The van der Waals surface area contributed by atoms with Crippen LogP contribution in [-0.2, 0) is 4.79 Å². The average molecular weight is 263 g/mol. The van der Waals surface area contributed by atoms with Gasteiger partial charge in [0, 0.05) is 11.9 Å². The Kier molecular flexibility index (Phi) is 4.75. The maximum absolute atomic E-state index is 11.8. The van der Waals surface area contributed by atoms with Crippen LogP contribution in [0.2, 0.25) is 0 Å². The Morgan fingerprint density at radius 1 is 1.44 bits per heavy atom. The van der Waals surface area contributed by atoms with Crippen molar-refractivity contribution in [3.05, 3.63) is 24.4 Å². The van der Waals surface area contributed by atoms with Crippen molar-refractivity contribution in [1.82, 2.24) is 10.4 Å². The largest absolute Gasteiger partial charge is 0.272 e. The molecule has 0 aliphatic heterocycles. The maximum Gasteiger partial charge on any atom is 0.253 e. The van der Waals surface area contributed by atoms with Crippen molar-refractivity contribution in [1.29, 1.82) is 0 Å². The normalized spacial score (nSPS) is 16.4. The van der Waals surface area contributed by atoms with Gasteiger partial charge in [0.25, 0.3) is 5.91 Å². The molecule has 5 heteroatoms. The van der Waals surface area contributed by atoms with Gasteiger partial charge in [-0.2, -0.15) is 5.10 Å². The van der Waals surface area contributed by atoms with Gasteiger partial charge in [0.15, 0.2) is 0 Å². The first-order valence-corrected chi connectivity index (χ1v) is 7.06. The molecule has 1 aromatic heterocycles. The molecule has 1 heterocycles. The first-order chi connectivity index (χ1) is 8.75. The zero-order valence-corrected chi connectivity index (χ0v) is 11.2. The highest BCUT2D eigenvalue weighted by Crippen LogP contribution is 2.20. The fraction of sp³-hybridized carbons (Fsp3) is 0.462. The minimum atomic E-state index is -0.189. The van der Waals surface area contributed by atoms with E-state index in [1.807, 2.05) is 25.1 Å². The van der Waals surface area contributed by atoms with E-state index < -0.39 is 0 Å². The van der Waals surface area contributed by atoms with Gasteiger partial charge in [0.1, 0.15) is 0 Å². The molecule has 1 atom stereocenters. The molecule has 0 spiro atoms. The third-order valence-corrected chi connectivity index (χ3v) is 3.86. The number of carbonyl (C=O) groups excluding carboxylic acids is 1. The lowest BCUT2D eigenvalue weighted by Gasteiger charge is -2.08. The first-order valence-electron chi connectivity index (χ1n) is 6.18. The van der Waals surface area contributed by atoms with E-state index in [9.17, 15) is 4.79 Å². The number of pyridine rings is 1. The maximum atomic E-state index is 11.8. The molecule has 0 bridgehead atoms. The average Bonchev–Trinajstić information content (AvgIpc) is 2.90. The van der Waals surface area contributed by atoms with Crippen LogP contribution in [0.5, 0.6) is 0 Å². The first kappa shape index (κ1) is 13.1. The molecule has 4 nitrogen and oxygen atoms in total. The van der Waals surface area contributed by atoms with Crippen LogP contribution >= 0.6 is 11.8 Å². The molecule has 96 valence electrons. The third kappa shape index (κ3) is 3.84. The van der Waals surface area contributed by atoms with E-state index in [4.69, 9.17) is 0 Å². The van der Waals surface area contributed by atoms with E-state index in [1.54, 1.807) is 6.20 Å². The number of thioether (sulfide) groups is 1. The number of rotatable bonds is 4. The number of hydrogen-bond acceptors (Lipinski definition) is 4. The van der Waals surface area contributed by atoms with Gasteiger partial charge in [-0.1, -0.05) is 17.8 Å². The van der Waals surface area contributed by atoms with Crippen molar-refractivity contribution in [2.45, 2.75) is 42.9 Å². The topological polar surface area (TPSA) is 54.4 Å². The molecule has 1 aromatic rings. The molecule has 1 saturated carbocycles. The molecule has 0 unspecified atom stereocenters. The summed E-state index contributed by atoms with van der Waals surface area (Å²) in [6.45, 7) is 1.86. The van der Waals surface area contributed by atoms with Gasteiger partial charge in [0.2, 0.25) is 0 Å². The van der Waals surface area contributed by atoms with Crippen LogP contribution in [0.15, 0.2) is 34.5 Å². The summed E-state index contributed by atoms with van der Waals surface area (Å²) in [6, 6.07) is 5.68. The second kappa shape index (κ2) is 6.54. The predicted octanol–water partition coefficient (Wildman–Crippen LogP) is 2.61. The Morgan fingerprint density at radius 2 is 2.22 bits per heavy atom. The summed E-state index contributed by atoms with van der Waals surface area (Å²) in [7, 11) is 0. The minimum Gasteiger partial charge on any atom is -0.272 e. The minimum absolute atomic E-state index is 0.0648. The van der Waals surface area contributed by atoms with Gasteiger partial charge < -0.3 is 0 Å². The Morgan fingerprint density at radius 3 is 2.89 bits per heavy atom. The Bertz CT molecular complexity index is 425. The second-order valence-corrected chi connectivity index (χ2v) is 5.65. The lowest BCUT2D eigenvalue weighted by Crippen LogP contribution is -2.27. The molecule has 2 rings (SSSR count). The number of hydrogen-bond donors (Lipinski definition) is 1. The van der Waals surface area contributed by atoms with Gasteiger partial charge in [-0.05, 0) is 44.7 Å². The SMILES string of the molecule is C[C@@H](Sc1ccccn1)C(=O)NN=C1CCCC1. The molecule has 1 amide bonds. The monoisotopic (exact) mass is 263 g/mol. The van der Waals surface area contributed by atoms with E-state index in [1.165, 1.54) is 24.6 Å².